The van der Waals surface area contributed by atoms with Crippen LogP contribution in [0.3, 0.4) is 0 Å². The number of ketones is 1. The number of hydrogen-bond acceptors (Lipinski definition) is 4. The van der Waals surface area contributed by atoms with Crippen molar-refractivity contribution in [3.8, 4) is 0 Å². The van der Waals surface area contributed by atoms with Gasteiger partial charge in [-0.2, -0.15) is 0 Å². The first-order valence-corrected chi connectivity index (χ1v) is 8.26. The number of carbonyl (C=O) groups is 2. The monoisotopic (exact) mass is 389 g/mol. The molecule has 0 bridgehead atoms. The fraction of sp³-hybridized carbons (Fsp3) is 0.235. The Bertz CT molecular complexity index is 884. The second-order valence-corrected chi connectivity index (χ2v) is 6.29. The van der Waals surface area contributed by atoms with Gasteiger partial charge in [0.2, 0.25) is 0 Å². The van der Waals surface area contributed by atoms with Gasteiger partial charge in [0.1, 0.15) is 0 Å². The molecule has 0 saturated heterocycles. The molecule has 24 heavy (non-hydrogen) atoms. The average Bonchev–Trinajstić information content (AvgIpc) is 3.21. The second kappa shape index (κ2) is 7.00. The van der Waals surface area contributed by atoms with Crippen molar-refractivity contribution in [2.24, 2.45) is 0 Å². The van der Waals surface area contributed by atoms with Crippen molar-refractivity contribution in [1.29, 1.82) is 0 Å². The van der Waals surface area contributed by atoms with E-state index in [4.69, 9.17) is 0 Å². The van der Waals surface area contributed by atoms with Crippen molar-refractivity contribution in [2.45, 2.75) is 19.5 Å². The largest absolute Gasteiger partial charge is 0.463 e. The second-order valence-electron chi connectivity index (χ2n) is 5.37. The topological polar surface area (TPSA) is 66.1 Å². The Morgan fingerprint density at radius 3 is 2.83 bits per heavy atom. The highest BCUT2D eigenvalue weighted by Gasteiger charge is 2.22. The summed E-state index contributed by atoms with van der Waals surface area (Å²) in [6.45, 7) is 1.55. The molecule has 6 nitrogen and oxygen atoms in total. The fourth-order valence-corrected chi connectivity index (χ4v) is 3.03. The summed E-state index contributed by atoms with van der Waals surface area (Å²) < 4.78 is 9.47. The van der Waals surface area contributed by atoms with Crippen LogP contribution in [-0.4, -0.2) is 33.0 Å². The van der Waals surface area contributed by atoms with Crippen LogP contribution < -0.4 is 0 Å². The van der Waals surface area contributed by atoms with Gasteiger partial charge in [0.25, 0.3) is 5.78 Å². The van der Waals surface area contributed by atoms with Gasteiger partial charge in [-0.05, 0) is 18.6 Å². The van der Waals surface area contributed by atoms with Crippen LogP contribution in [0.1, 0.15) is 16.8 Å². The Balaban J connectivity index is 1.90. The molecule has 3 aromatic rings. The van der Waals surface area contributed by atoms with E-state index in [1.807, 2.05) is 33.5 Å². The number of rotatable bonds is 6. The number of Topliss-reactive ketones (excluding diaryl/α,β-unsaturated/α-hetero) is 1. The summed E-state index contributed by atoms with van der Waals surface area (Å²) in [7, 11) is 1.21. The van der Waals surface area contributed by atoms with E-state index < -0.39 is 11.8 Å². The van der Waals surface area contributed by atoms with E-state index in [-0.39, 0.29) is 0 Å². The standard InChI is InChI=1S/C17H16BrN3O3/c1-24-17(23)16(22)14-10-21(7-2-6-20-8-5-19-11-20)15-9-12(18)3-4-13(14)15/h3-5,8-11H,2,6-7H2,1H3. The lowest BCUT2D eigenvalue weighted by atomic mass is 10.1. The van der Waals surface area contributed by atoms with Crippen molar-refractivity contribution in [1.82, 2.24) is 14.1 Å². The average molecular weight is 390 g/mol. The summed E-state index contributed by atoms with van der Waals surface area (Å²) in [5.74, 6) is -1.48. The van der Waals surface area contributed by atoms with E-state index in [9.17, 15) is 9.59 Å². The predicted octanol–water partition coefficient (Wildman–Crippen LogP) is 3.05. The molecular weight excluding hydrogens is 374 g/mol. The van der Waals surface area contributed by atoms with Gasteiger partial charge in [-0.1, -0.05) is 22.0 Å². The van der Waals surface area contributed by atoms with Gasteiger partial charge in [0.15, 0.2) is 0 Å². The third-order valence-corrected chi connectivity index (χ3v) is 4.33. The number of fused-ring (bicyclic) bond motifs is 1. The summed E-state index contributed by atoms with van der Waals surface area (Å²) in [5, 5.41) is 0.747. The van der Waals surface area contributed by atoms with Gasteiger partial charge in [-0.15, -0.1) is 0 Å². The van der Waals surface area contributed by atoms with E-state index >= 15 is 0 Å². The number of nitrogens with zero attached hydrogens (tertiary/aromatic N) is 3. The summed E-state index contributed by atoms with van der Waals surface area (Å²) in [6.07, 6.45) is 8.03. The molecule has 0 spiro atoms. The van der Waals surface area contributed by atoms with Gasteiger partial charge in [0.05, 0.1) is 19.0 Å². The molecule has 0 N–H and O–H groups in total. The third kappa shape index (κ3) is 3.26. The zero-order valence-electron chi connectivity index (χ0n) is 13.1. The van der Waals surface area contributed by atoms with Crippen LogP contribution in [0.5, 0.6) is 0 Å². The van der Waals surface area contributed by atoms with Crippen LogP contribution in [-0.2, 0) is 22.6 Å². The minimum atomic E-state index is -0.851. The Labute approximate surface area is 147 Å². The Hall–Kier alpha value is -2.41. The highest BCUT2D eigenvalue weighted by molar-refractivity contribution is 9.10. The van der Waals surface area contributed by atoms with Gasteiger partial charge in [-0.3, -0.25) is 4.79 Å². The SMILES string of the molecule is COC(=O)C(=O)c1cn(CCCn2ccnc2)c2cc(Br)ccc12. The summed E-state index contributed by atoms with van der Waals surface area (Å²) in [4.78, 5) is 27.9. The van der Waals surface area contributed by atoms with Crippen molar-refractivity contribution >= 4 is 38.6 Å². The first kappa shape index (κ1) is 16.4. The lowest BCUT2D eigenvalue weighted by Gasteiger charge is -2.06. The first-order chi connectivity index (χ1) is 11.6. The molecule has 0 atom stereocenters. The number of esters is 1. The molecule has 0 unspecified atom stereocenters. The third-order valence-electron chi connectivity index (χ3n) is 3.83. The first-order valence-electron chi connectivity index (χ1n) is 7.47. The Kier molecular flexibility index (Phi) is 4.80. The molecule has 2 aromatic heterocycles. The normalized spacial score (nSPS) is 10.9. The van der Waals surface area contributed by atoms with Gasteiger partial charge < -0.3 is 13.9 Å². The maximum atomic E-state index is 12.2. The van der Waals surface area contributed by atoms with E-state index in [1.165, 1.54) is 7.11 Å². The zero-order chi connectivity index (χ0) is 17.1. The summed E-state index contributed by atoms with van der Waals surface area (Å²) in [5.41, 5.74) is 1.27. The molecule has 2 heterocycles. The van der Waals surface area contributed by atoms with Gasteiger partial charge >= 0.3 is 5.97 Å². The Morgan fingerprint density at radius 2 is 2.12 bits per heavy atom. The zero-order valence-corrected chi connectivity index (χ0v) is 14.7. The van der Waals surface area contributed by atoms with E-state index in [0.717, 1.165) is 34.9 Å². The Morgan fingerprint density at radius 1 is 1.29 bits per heavy atom. The quantitative estimate of drug-likeness (QED) is 0.369. The van der Waals surface area contributed by atoms with Crippen molar-refractivity contribution in [2.75, 3.05) is 7.11 Å². The molecule has 3 rings (SSSR count). The molecule has 0 aliphatic heterocycles. The minimum absolute atomic E-state index is 0.368. The predicted molar refractivity (Wildman–Crippen MR) is 92.8 cm³/mol. The number of halogens is 1. The van der Waals surface area contributed by atoms with Crippen molar-refractivity contribution in [3.63, 3.8) is 0 Å². The van der Waals surface area contributed by atoms with Crippen molar-refractivity contribution < 1.29 is 14.3 Å². The number of benzene rings is 1. The lowest BCUT2D eigenvalue weighted by molar-refractivity contribution is -0.135. The number of methoxy groups -OCH3 is 1. The number of aryl methyl sites for hydroxylation is 2. The van der Waals surface area contributed by atoms with E-state index in [1.54, 1.807) is 18.7 Å². The highest BCUT2D eigenvalue weighted by Crippen LogP contribution is 2.26. The lowest BCUT2D eigenvalue weighted by Crippen LogP contribution is -2.15. The van der Waals surface area contributed by atoms with Crippen LogP contribution in [0.2, 0.25) is 0 Å². The van der Waals surface area contributed by atoms with Gasteiger partial charge in [0, 0.05) is 47.1 Å². The van der Waals surface area contributed by atoms with E-state index in [0.29, 0.717) is 5.56 Å². The summed E-state index contributed by atoms with van der Waals surface area (Å²) in [6, 6.07) is 5.63. The van der Waals surface area contributed by atoms with E-state index in [2.05, 4.69) is 25.7 Å². The maximum absolute atomic E-state index is 12.2. The van der Waals surface area contributed by atoms with Crippen LogP contribution in [0.25, 0.3) is 10.9 Å². The number of ether oxygens (including phenoxy) is 1. The molecule has 0 saturated carbocycles. The molecule has 1 aromatic carbocycles. The summed E-state index contributed by atoms with van der Waals surface area (Å²) >= 11 is 3.45. The van der Waals surface area contributed by atoms with Gasteiger partial charge in [-0.25, -0.2) is 9.78 Å². The number of aromatic nitrogens is 3. The maximum Gasteiger partial charge on any atom is 0.379 e. The van der Waals surface area contributed by atoms with Crippen LogP contribution >= 0.6 is 15.9 Å². The van der Waals surface area contributed by atoms with Crippen molar-refractivity contribution in [3.05, 3.63) is 53.2 Å². The number of imidazole rings is 1. The van der Waals surface area contributed by atoms with Crippen LogP contribution in [0.4, 0.5) is 0 Å². The highest BCUT2D eigenvalue weighted by atomic mass is 79.9. The molecule has 0 amide bonds. The number of carbonyl (C=O) groups excluding carboxylic acids is 2. The molecule has 0 fully saturated rings. The smallest absolute Gasteiger partial charge is 0.379 e. The molecule has 0 radical (unpaired) electrons. The fourth-order valence-electron chi connectivity index (χ4n) is 2.68. The number of hydrogen-bond donors (Lipinski definition) is 0. The molecule has 7 heteroatoms. The van der Waals surface area contributed by atoms with Crippen LogP contribution in [0.15, 0.2) is 47.6 Å². The molecule has 124 valence electrons. The minimum Gasteiger partial charge on any atom is -0.463 e. The molecule has 0 aliphatic rings. The molecular formula is C17H16BrN3O3. The van der Waals surface area contributed by atoms with Crippen LogP contribution in [0, 0.1) is 0 Å². The molecule has 0 aliphatic carbocycles.